The standard InChI is InChI=1S/C33H24F6N2O2/c1-17-5-7-21(13-19(17)3)29-40-25-15-23(9-11-27(25)42-29)31(32(34,35)36,33(37,38)39)24-10-12-28-26(16-24)41-30(43-28)22-8-6-18(2)20(4)14-22/h5-16H,1-4H3. The van der Waals surface area contributed by atoms with Crippen LogP contribution in [0, 0.1) is 27.7 Å². The first-order valence-corrected chi connectivity index (χ1v) is 13.3. The second-order valence-electron chi connectivity index (χ2n) is 10.7. The van der Waals surface area contributed by atoms with Crippen molar-refractivity contribution < 1.29 is 35.2 Å². The summed E-state index contributed by atoms with van der Waals surface area (Å²) in [5.74, 6) is 0.172. The van der Waals surface area contributed by atoms with Crippen LogP contribution < -0.4 is 0 Å². The summed E-state index contributed by atoms with van der Waals surface area (Å²) in [5, 5.41) is 0. The molecule has 4 aromatic carbocycles. The van der Waals surface area contributed by atoms with E-state index in [2.05, 4.69) is 9.97 Å². The van der Waals surface area contributed by atoms with Crippen molar-refractivity contribution in [3.63, 3.8) is 0 Å². The Bertz CT molecular complexity index is 1870. The number of aryl methyl sites for hydroxylation is 4. The van der Waals surface area contributed by atoms with E-state index in [1.54, 1.807) is 24.3 Å². The molecule has 2 heterocycles. The van der Waals surface area contributed by atoms with Gasteiger partial charge in [-0.15, -0.1) is 0 Å². The van der Waals surface area contributed by atoms with Crippen molar-refractivity contribution in [1.82, 2.24) is 9.97 Å². The molecule has 0 aliphatic rings. The van der Waals surface area contributed by atoms with Gasteiger partial charge in [-0.3, -0.25) is 0 Å². The van der Waals surface area contributed by atoms with E-state index in [1.165, 1.54) is 0 Å². The van der Waals surface area contributed by atoms with Gasteiger partial charge in [-0.25, -0.2) is 9.97 Å². The number of oxazole rings is 2. The monoisotopic (exact) mass is 594 g/mol. The molecule has 0 amide bonds. The lowest BCUT2D eigenvalue weighted by atomic mass is 9.72. The van der Waals surface area contributed by atoms with Crippen LogP contribution in [0.25, 0.3) is 45.1 Å². The van der Waals surface area contributed by atoms with Crippen LogP contribution in [-0.4, -0.2) is 22.3 Å². The minimum Gasteiger partial charge on any atom is -0.436 e. The molecule has 4 nitrogen and oxygen atoms in total. The summed E-state index contributed by atoms with van der Waals surface area (Å²) in [6.07, 6.45) is -11.6. The number of aromatic nitrogens is 2. The van der Waals surface area contributed by atoms with Crippen LogP contribution in [-0.2, 0) is 5.41 Å². The summed E-state index contributed by atoms with van der Waals surface area (Å²) in [7, 11) is 0. The highest BCUT2D eigenvalue weighted by molar-refractivity contribution is 5.80. The average Bonchev–Trinajstić information content (AvgIpc) is 3.54. The third kappa shape index (κ3) is 4.56. The molecule has 10 heteroatoms. The Labute approximate surface area is 242 Å². The number of benzene rings is 4. The van der Waals surface area contributed by atoms with Crippen LogP contribution in [0.5, 0.6) is 0 Å². The van der Waals surface area contributed by atoms with Crippen LogP contribution in [0.3, 0.4) is 0 Å². The van der Waals surface area contributed by atoms with E-state index in [1.807, 2.05) is 39.8 Å². The molecule has 0 aliphatic heterocycles. The highest BCUT2D eigenvalue weighted by Gasteiger charge is 2.72. The molecule has 0 fully saturated rings. The van der Waals surface area contributed by atoms with Crippen LogP contribution in [0.1, 0.15) is 33.4 Å². The third-order valence-corrected chi connectivity index (χ3v) is 8.00. The fraction of sp³-hybridized carbons (Fsp3) is 0.212. The van der Waals surface area contributed by atoms with Gasteiger partial charge in [-0.05, 0) is 110 Å². The van der Waals surface area contributed by atoms with Crippen molar-refractivity contribution in [1.29, 1.82) is 0 Å². The minimum absolute atomic E-state index is 0.0558. The molecule has 6 rings (SSSR count). The molecule has 220 valence electrons. The molecule has 2 aromatic heterocycles. The summed E-state index contributed by atoms with van der Waals surface area (Å²) < 4.78 is 101. The van der Waals surface area contributed by atoms with Gasteiger partial charge in [0.05, 0.1) is 0 Å². The zero-order valence-electron chi connectivity index (χ0n) is 23.4. The smallest absolute Gasteiger partial charge is 0.411 e. The lowest BCUT2D eigenvalue weighted by Crippen LogP contribution is -2.54. The predicted octanol–water partition coefficient (Wildman–Crippen LogP) is 9.95. The molecule has 0 unspecified atom stereocenters. The first-order valence-electron chi connectivity index (χ1n) is 13.3. The average molecular weight is 595 g/mol. The molecule has 0 N–H and O–H groups in total. The first kappa shape index (κ1) is 28.5. The Balaban J connectivity index is 1.53. The van der Waals surface area contributed by atoms with Crippen molar-refractivity contribution in [2.75, 3.05) is 0 Å². The Morgan fingerprint density at radius 3 is 1.23 bits per heavy atom. The van der Waals surface area contributed by atoms with Gasteiger partial charge >= 0.3 is 12.4 Å². The SMILES string of the molecule is Cc1ccc(-c2nc3cc(C(c4ccc5oc(-c6ccc(C)c(C)c6)nc5c4)(C(F)(F)F)C(F)(F)F)ccc3o2)cc1C. The number of hydrogen-bond acceptors (Lipinski definition) is 4. The Morgan fingerprint density at radius 2 is 0.884 bits per heavy atom. The number of nitrogens with zero attached hydrogens (tertiary/aromatic N) is 2. The first-order chi connectivity index (χ1) is 20.2. The van der Waals surface area contributed by atoms with Gasteiger partial charge in [0.2, 0.25) is 17.2 Å². The third-order valence-electron chi connectivity index (χ3n) is 8.00. The van der Waals surface area contributed by atoms with E-state index in [4.69, 9.17) is 8.83 Å². The van der Waals surface area contributed by atoms with E-state index >= 15 is 0 Å². The van der Waals surface area contributed by atoms with E-state index < -0.39 is 28.9 Å². The minimum atomic E-state index is -5.78. The topological polar surface area (TPSA) is 52.1 Å². The predicted molar refractivity (Wildman–Crippen MR) is 151 cm³/mol. The lowest BCUT2D eigenvalue weighted by molar-refractivity contribution is -0.288. The number of rotatable bonds is 4. The van der Waals surface area contributed by atoms with E-state index in [0.717, 1.165) is 58.7 Å². The molecule has 0 saturated heterocycles. The summed E-state index contributed by atoms with van der Waals surface area (Å²) in [6, 6.07) is 16.0. The molecule has 0 spiro atoms. The quantitative estimate of drug-likeness (QED) is 0.191. The van der Waals surface area contributed by atoms with Gasteiger partial charge in [0.1, 0.15) is 11.0 Å². The molecular weight excluding hydrogens is 570 g/mol. The number of hydrogen-bond donors (Lipinski definition) is 0. The van der Waals surface area contributed by atoms with Crippen molar-refractivity contribution in [3.05, 3.63) is 106 Å². The molecule has 0 bridgehead atoms. The van der Waals surface area contributed by atoms with Gasteiger partial charge in [-0.2, -0.15) is 26.3 Å². The van der Waals surface area contributed by atoms with Crippen molar-refractivity contribution >= 4 is 22.2 Å². The molecule has 43 heavy (non-hydrogen) atoms. The van der Waals surface area contributed by atoms with Crippen molar-refractivity contribution in [3.8, 4) is 22.9 Å². The van der Waals surface area contributed by atoms with Crippen LogP contribution in [0.15, 0.2) is 81.6 Å². The number of alkyl halides is 6. The van der Waals surface area contributed by atoms with Crippen molar-refractivity contribution in [2.24, 2.45) is 0 Å². The van der Waals surface area contributed by atoms with Crippen LogP contribution >= 0.6 is 0 Å². The highest BCUT2D eigenvalue weighted by atomic mass is 19.4. The van der Waals surface area contributed by atoms with E-state index in [9.17, 15) is 26.3 Å². The molecule has 0 aliphatic carbocycles. The van der Waals surface area contributed by atoms with Crippen LogP contribution in [0.2, 0.25) is 0 Å². The van der Waals surface area contributed by atoms with Gasteiger partial charge in [-0.1, -0.05) is 24.3 Å². The zero-order valence-corrected chi connectivity index (χ0v) is 23.4. The lowest BCUT2D eigenvalue weighted by Gasteiger charge is -2.38. The van der Waals surface area contributed by atoms with E-state index in [0.29, 0.717) is 11.1 Å². The Kier molecular flexibility index (Phi) is 6.45. The van der Waals surface area contributed by atoms with Gasteiger partial charge in [0, 0.05) is 11.1 Å². The van der Waals surface area contributed by atoms with E-state index in [-0.39, 0.29) is 34.0 Å². The summed E-state index contributed by atoms with van der Waals surface area (Å²) >= 11 is 0. The second kappa shape index (κ2) is 9.72. The summed E-state index contributed by atoms with van der Waals surface area (Å²) in [4.78, 5) is 8.51. The molecule has 0 saturated carbocycles. The largest absolute Gasteiger partial charge is 0.436 e. The Morgan fingerprint density at radius 1 is 0.488 bits per heavy atom. The maximum atomic E-state index is 14.9. The molecular formula is C33H24F6N2O2. The van der Waals surface area contributed by atoms with Crippen LogP contribution in [0.4, 0.5) is 26.3 Å². The molecule has 6 aromatic rings. The fourth-order valence-corrected chi connectivity index (χ4v) is 5.30. The summed E-state index contributed by atoms with van der Waals surface area (Å²) in [5.41, 5.74) is -1.66. The molecule has 0 radical (unpaired) electrons. The second-order valence-corrected chi connectivity index (χ2v) is 10.7. The molecule has 0 atom stereocenters. The van der Waals surface area contributed by atoms with Gasteiger partial charge in [0.25, 0.3) is 0 Å². The Hall–Kier alpha value is -4.60. The van der Waals surface area contributed by atoms with Crippen molar-refractivity contribution in [2.45, 2.75) is 45.5 Å². The summed E-state index contributed by atoms with van der Waals surface area (Å²) in [6.45, 7) is 7.56. The van der Waals surface area contributed by atoms with Gasteiger partial charge in [0.15, 0.2) is 11.2 Å². The number of fused-ring (bicyclic) bond motifs is 2. The zero-order chi connectivity index (χ0) is 30.9. The van der Waals surface area contributed by atoms with Gasteiger partial charge < -0.3 is 8.83 Å². The maximum absolute atomic E-state index is 14.9. The normalized spacial score (nSPS) is 12.9. The maximum Gasteiger partial charge on any atom is 0.411 e. The number of halogens is 6. The highest BCUT2D eigenvalue weighted by Crippen LogP contribution is 2.57. The fourth-order valence-electron chi connectivity index (χ4n) is 5.30.